The Hall–Kier alpha value is -3.27. The molecule has 0 amide bonds. The molecule has 0 spiro atoms. The third-order valence-corrected chi connectivity index (χ3v) is 4.85. The second-order valence-corrected chi connectivity index (χ2v) is 6.73. The number of nitrogens with zero attached hydrogens (tertiary/aromatic N) is 2. The van der Waals surface area contributed by atoms with Gasteiger partial charge in [0.05, 0.1) is 12.3 Å². The van der Waals surface area contributed by atoms with Crippen molar-refractivity contribution in [3.05, 3.63) is 78.4 Å². The summed E-state index contributed by atoms with van der Waals surface area (Å²) in [7, 11) is 0. The number of benzene rings is 2. The van der Waals surface area contributed by atoms with Crippen LogP contribution in [0.25, 0.3) is 28.1 Å². The zero-order valence-corrected chi connectivity index (χ0v) is 15.2. The normalized spacial score (nSPS) is 15.4. The van der Waals surface area contributed by atoms with Crippen LogP contribution < -0.4 is 0 Å². The fraction of sp³-hybridized carbons (Fsp3) is 0.174. The number of aromatic nitrogens is 2. The Morgan fingerprint density at radius 1 is 1.00 bits per heavy atom. The first-order valence-corrected chi connectivity index (χ1v) is 8.98. The molecule has 27 heavy (non-hydrogen) atoms. The Bertz CT molecular complexity index is 998. The van der Waals surface area contributed by atoms with Crippen molar-refractivity contribution in [2.75, 3.05) is 6.61 Å². The maximum atomic E-state index is 11.4. The van der Waals surface area contributed by atoms with Gasteiger partial charge in [-0.15, -0.1) is 10.2 Å². The van der Waals surface area contributed by atoms with Crippen molar-refractivity contribution in [1.82, 2.24) is 10.2 Å². The fourth-order valence-corrected chi connectivity index (χ4v) is 3.67. The first kappa shape index (κ1) is 17.2. The molecule has 0 bridgehead atoms. The van der Waals surface area contributed by atoms with Gasteiger partial charge in [0.1, 0.15) is 5.69 Å². The minimum absolute atomic E-state index is 0.0320. The summed E-state index contributed by atoms with van der Waals surface area (Å²) in [5, 5.41) is 9.14. The molecule has 1 aromatic heterocycles. The van der Waals surface area contributed by atoms with Crippen LogP contribution in [0.2, 0.25) is 0 Å². The van der Waals surface area contributed by atoms with E-state index in [1.807, 2.05) is 60.7 Å². The number of hydrogen-bond donors (Lipinski definition) is 0. The Morgan fingerprint density at radius 2 is 1.56 bits per heavy atom. The molecule has 0 fully saturated rings. The number of allylic oxidation sites excluding steroid dienone is 1. The van der Waals surface area contributed by atoms with E-state index in [2.05, 4.69) is 16.8 Å². The van der Waals surface area contributed by atoms with E-state index in [9.17, 15) is 4.79 Å². The average Bonchev–Trinajstić information content (AvgIpc) is 3.04. The van der Waals surface area contributed by atoms with Crippen LogP contribution in [0.3, 0.4) is 0 Å². The van der Waals surface area contributed by atoms with Gasteiger partial charge in [-0.25, -0.2) is 0 Å². The second-order valence-electron chi connectivity index (χ2n) is 6.73. The largest absolute Gasteiger partial charge is 0.465 e. The minimum atomic E-state index is -0.277. The number of ether oxygens (including phenoxy) is 1. The van der Waals surface area contributed by atoms with Gasteiger partial charge in [0.15, 0.2) is 0 Å². The smallest absolute Gasteiger partial charge is 0.302 e. The summed E-state index contributed by atoms with van der Waals surface area (Å²) in [6, 6.07) is 20.0. The van der Waals surface area contributed by atoms with E-state index < -0.39 is 0 Å². The molecule has 1 unspecified atom stereocenters. The van der Waals surface area contributed by atoms with Crippen LogP contribution in [0.5, 0.6) is 0 Å². The minimum Gasteiger partial charge on any atom is -0.465 e. The lowest BCUT2D eigenvalue weighted by Gasteiger charge is -2.16. The molecule has 0 saturated heterocycles. The molecule has 3 aromatic rings. The maximum absolute atomic E-state index is 11.4. The lowest BCUT2D eigenvalue weighted by molar-refractivity contribution is -0.141. The molecular formula is C23H20N2O2. The van der Waals surface area contributed by atoms with Gasteiger partial charge in [-0.3, -0.25) is 4.79 Å². The first-order chi connectivity index (χ1) is 13.1. The molecule has 1 aliphatic rings. The fourth-order valence-electron chi connectivity index (χ4n) is 3.67. The van der Waals surface area contributed by atoms with E-state index >= 15 is 0 Å². The maximum Gasteiger partial charge on any atom is 0.302 e. The van der Waals surface area contributed by atoms with Gasteiger partial charge >= 0.3 is 5.97 Å². The van der Waals surface area contributed by atoms with E-state index in [1.54, 1.807) is 0 Å². The molecule has 0 aliphatic heterocycles. The summed E-state index contributed by atoms with van der Waals surface area (Å²) in [5.41, 5.74) is 6.79. The highest BCUT2D eigenvalue weighted by molar-refractivity contribution is 5.87. The number of rotatable bonds is 4. The van der Waals surface area contributed by atoms with E-state index in [-0.39, 0.29) is 11.9 Å². The third-order valence-electron chi connectivity index (χ3n) is 4.85. The third kappa shape index (κ3) is 3.26. The van der Waals surface area contributed by atoms with Gasteiger partial charge in [-0.2, -0.15) is 0 Å². The Balaban J connectivity index is 1.91. The van der Waals surface area contributed by atoms with E-state index in [0.29, 0.717) is 6.61 Å². The van der Waals surface area contributed by atoms with Crippen LogP contribution >= 0.6 is 0 Å². The number of carbonyl (C=O) groups excluding carboxylic acids is 1. The predicted octanol–water partition coefficient (Wildman–Crippen LogP) is 4.87. The van der Waals surface area contributed by atoms with Crippen LogP contribution in [0.15, 0.2) is 67.2 Å². The Kier molecular flexibility index (Phi) is 4.55. The zero-order chi connectivity index (χ0) is 18.8. The van der Waals surface area contributed by atoms with Crippen LogP contribution in [0, 0.1) is 0 Å². The standard InChI is InChI=1S/C23H20N2O2/c1-15-13-19(14-27-16(2)26)21-20(15)22(17-9-5-3-6-10-17)24-25-23(21)18-11-7-4-8-12-18/h3-12,19H,1,13-14H2,2H3. The molecule has 2 aromatic carbocycles. The number of carbonyl (C=O) groups is 1. The molecule has 4 rings (SSSR count). The quantitative estimate of drug-likeness (QED) is 0.626. The molecule has 0 N–H and O–H groups in total. The van der Waals surface area contributed by atoms with Gasteiger partial charge in [0.2, 0.25) is 0 Å². The van der Waals surface area contributed by atoms with Gasteiger partial charge < -0.3 is 4.74 Å². The van der Waals surface area contributed by atoms with Crippen molar-refractivity contribution in [2.45, 2.75) is 19.3 Å². The average molecular weight is 356 g/mol. The van der Waals surface area contributed by atoms with Gasteiger partial charge in [0.25, 0.3) is 0 Å². The number of hydrogen-bond acceptors (Lipinski definition) is 4. The van der Waals surface area contributed by atoms with E-state index in [0.717, 1.165) is 45.6 Å². The summed E-state index contributed by atoms with van der Waals surface area (Å²) in [4.78, 5) is 11.4. The molecule has 0 radical (unpaired) electrons. The van der Waals surface area contributed by atoms with Crippen LogP contribution in [0.1, 0.15) is 30.4 Å². The van der Waals surface area contributed by atoms with Crippen LogP contribution in [0.4, 0.5) is 0 Å². The van der Waals surface area contributed by atoms with Crippen molar-refractivity contribution in [3.8, 4) is 22.5 Å². The molecule has 1 atom stereocenters. The highest BCUT2D eigenvalue weighted by atomic mass is 16.5. The van der Waals surface area contributed by atoms with E-state index in [4.69, 9.17) is 4.74 Å². The molecular weight excluding hydrogens is 336 g/mol. The predicted molar refractivity (Wildman–Crippen MR) is 106 cm³/mol. The summed E-state index contributed by atoms with van der Waals surface area (Å²) < 4.78 is 5.34. The van der Waals surface area contributed by atoms with Crippen LogP contribution in [-0.4, -0.2) is 22.8 Å². The molecule has 4 heteroatoms. The van der Waals surface area contributed by atoms with Gasteiger partial charge in [-0.05, 0) is 17.6 Å². The summed E-state index contributed by atoms with van der Waals surface area (Å²) in [5.74, 6) is -0.245. The number of fused-ring (bicyclic) bond motifs is 1. The van der Waals surface area contributed by atoms with Crippen molar-refractivity contribution in [1.29, 1.82) is 0 Å². The summed E-state index contributed by atoms with van der Waals surface area (Å²) in [6.07, 6.45) is 0.732. The van der Waals surface area contributed by atoms with Crippen molar-refractivity contribution in [2.24, 2.45) is 0 Å². The molecule has 0 saturated carbocycles. The zero-order valence-electron chi connectivity index (χ0n) is 15.2. The molecule has 1 aliphatic carbocycles. The second kappa shape index (κ2) is 7.16. The molecule has 134 valence electrons. The Labute approximate surface area is 158 Å². The van der Waals surface area contributed by atoms with Crippen molar-refractivity contribution >= 4 is 11.5 Å². The van der Waals surface area contributed by atoms with Crippen molar-refractivity contribution < 1.29 is 9.53 Å². The number of esters is 1. The van der Waals surface area contributed by atoms with Gasteiger partial charge in [-0.1, -0.05) is 67.2 Å². The lowest BCUT2D eigenvalue weighted by Crippen LogP contribution is -2.10. The lowest BCUT2D eigenvalue weighted by atomic mass is 9.94. The summed E-state index contributed by atoms with van der Waals surface area (Å²) in [6.45, 7) is 6.04. The van der Waals surface area contributed by atoms with Gasteiger partial charge in [0, 0.05) is 29.5 Å². The monoisotopic (exact) mass is 356 g/mol. The molecule has 4 nitrogen and oxygen atoms in total. The SMILES string of the molecule is C=C1CC(COC(C)=O)c2c(-c3ccccc3)nnc(-c3ccccc3)c21. The highest BCUT2D eigenvalue weighted by Gasteiger charge is 2.33. The first-order valence-electron chi connectivity index (χ1n) is 8.98. The van der Waals surface area contributed by atoms with Crippen LogP contribution in [-0.2, 0) is 9.53 Å². The molecule has 1 heterocycles. The van der Waals surface area contributed by atoms with E-state index in [1.165, 1.54) is 6.92 Å². The Morgan fingerprint density at radius 3 is 2.15 bits per heavy atom. The highest BCUT2D eigenvalue weighted by Crippen LogP contribution is 2.47. The summed E-state index contributed by atoms with van der Waals surface area (Å²) >= 11 is 0. The van der Waals surface area contributed by atoms with Crippen molar-refractivity contribution in [3.63, 3.8) is 0 Å². The topological polar surface area (TPSA) is 52.1 Å².